The number of ether oxygens (including phenoxy) is 1. The Hall–Kier alpha value is -1.91. The summed E-state index contributed by atoms with van der Waals surface area (Å²) < 4.78 is 31.3. The molecule has 0 saturated heterocycles. The molecule has 0 unspecified atom stereocenters. The minimum absolute atomic E-state index is 0.234. The molecule has 1 aromatic carbocycles. The first-order valence-corrected chi connectivity index (χ1v) is 6.26. The van der Waals surface area contributed by atoms with E-state index < -0.39 is 29.4 Å². The minimum atomic E-state index is -0.653. The maximum absolute atomic E-state index is 13.1. The molecule has 5 heteroatoms. The third-order valence-corrected chi connectivity index (χ3v) is 2.36. The van der Waals surface area contributed by atoms with E-state index in [1.54, 1.807) is 20.8 Å². The second-order valence-corrected chi connectivity index (χ2v) is 5.47. The molecule has 1 atom stereocenters. The van der Waals surface area contributed by atoms with Crippen molar-refractivity contribution < 1.29 is 18.3 Å². The molecule has 0 bridgehead atoms. The van der Waals surface area contributed by atoms with E-state index >= 15 is 0 Å². The van der Waals surface area contributed by atoms with E-state index in [0.717, 1.165) is 6.07 Å². The molecule has 0 aliphatic rings. The molecule has 0 aromatic heterocycles. The van der Waals surface area contributed by atoms with Crippen LogP contribution in [0.4, 0.5) is 13.6 Å². The molecule has 20 heavy (non-hydrogen) atoms. The van der Waals surface area contributed by atoms with Crippen LogP contribution in [0.15, 0.2) is 30.9 Å². The first-order chi connectivity index (χ1) is 9.19. The molecule has 1 N–H and O–H groups in total. The van der Waals surface area contributed by atoms with Crippen LogP contribution < -0.4 is 5.32 Å². The van der Waals surface area contributed by atoms with Crippen LogP contribution in [0.5, 0.6) is 0 Å². The van der Waals surface area contributed by atoms with Crippen molar-refractivity contribution in [3.63, 3.8) is 0 Å². The summed E-state index contributed by atoms with van der Waals surface area (Å²) in [6.07, 6.45) is 1.13. The van der Waals surface area contributed by atoms with Gasteiger partial charge in [-0.15, -0.1) is 6.58 Å². The van der Waals surface area contributed by atoms with Gasteiger partial charge >= 0.3 is 6.09 Å². The zero-order valence-electron chi connectivity index (χ0n) is 11.9. The Morgan fingerprint density at radius 3 is 2.35 bits per heavy atom. The fourth-order valence-electron chi connectivity index (χ4n) is 1.63. The number of hydrogen-bond donors (Lipinski definition) is 1. The second-order valence-electron chi connectivity index (χ2n) is 5.47. The fourth-order valence-corrected chi connectivity index (χ4v) is 1.63. The first kappa shape index (κ1) is 16.1. The lowest BCUT2D eigenvalue weighted by Crippen LogP contribution is -2.39. The second kappa shape index (κ2) is 6.50. The molecule has 1 rings (SSSR count). The highest BCUT2D eigenvalue weighted by atomic mass is 19.1. The van der Waals surface area contributed by atoms with Crippen molar-refractivity contribution in [1.29, 1.82) is 0 Å². The number of rotatable bonds is 4. The smallest absolute Gasteiger partial charge is 0.408 e. The lowest BCUT2D eigenvalue weighted by molar-refractivity contribution is 0.0514. The van der Waals surface area contributed by atoms with Gasteiger partial charge in [-0.3, -0.25) is 0 Å². The molecule has 0 spiro atoms. The Morgan fingerprint density at radius 2 is 1.90 bits per heavy atom. The van der Waals surface area contributed by atoms with Crippen LogP contribution in [0, 0.1) is 11.6 Å². The molecule has 0 saturated carbocycles. The van der Waals surface area contributed by atoms with E-state index in [1.165, 1.54) is 18.2 Å². The number of hydrogen-bond acceptors (Lipinski definition) is 2. The van der Waals surface area contributed by atoms with Gasteiger partial charge in [0, 0.05) is 6.07 Å². The largest absolute Gasteiger partial charge is 0.444 e. The molecular formula is C15H19F2NO2. The summed E-state index contributed by atoms with van der Waals surface area (Å²) in [5.74, 6) is -1.31. The third-order valence-electron chi connectivity index (χ3n) is 2.36. The van der Waals surface area contributed by atoms with Crippen LogP contribution in [-0.4, -0.2) is 17.7 Å². The molecule has 0 aliphatic carbocycles. The van der Waals surface area contributed by atoms with Crippen molar-refractivity contribution in [1.82, 2.24) is 5.32 Å². The van der Waals surface area contributed by atoms with Gasteiger partial charge in [0.05, 0.1) is 6.04 Å². The summed E-state index contributed by atoms with van der Waals surface area (Å²) in [6, 6.07) is 2.77. The summed E-state index contributed by atoms with van der Waals surface area (Å²) in [6.45, 7) is 8.84. The van der Waals surface area contributed by atoms with Gasteiger partial charge in [0.25, 0.3) is 0 Å². The highest BCUT2D eigenvalue weighted by Gasteiger charge is 2.18. The van der Waals surface area contributed by atoms with Gasteiger partial charge in [-0.2, -0.15) is 0 Å². The number of benzene rings is 1. The Bertz CT molecular complexity index is 475. The molecule has 3 nitrogen and oxygen atoms in total. The number of amides is 1. The van der Waals surface area contributed by atoms with Crippen LogP contribution in [-0.2, 0) is 11.2 Å². The Labute approximate surface area is 117 Å². The molecular weight excluding hydrogens is 264 g/mol. The number of alkyl carbamates (subject to hydrolysis) is 1. The molecule has 1 amide bonds. The van der Waals surface area contributed by atoms with E-state index in [4.69, 9.17) is 4.74 Å². The van der Waals surface area contributed by atoms with E-state index in [0.29, 0.717) is 5.56 Å². The molecule has 110 valence electrons. The van der Waals surface area contributed by atoms with Crippen molar-refractivity contribution in [2.75, 3.05) is 0 Å². The van der Waals surface area contributed by atoms with Crippen LogP contribution in [0.25, 0.3) is 0 Å². The summed E-state index contributed by atoms with van der Waals surface area (Å²) in [5, 5.41) is 2.59. The normalized spacial score (nSPS) is 12.7. The Balaban J connectivity index is 2.68. The van der Waals surface area contributed by atoms with E-state index in [2.05, 4.69) is 11.9 Å². The van der Waals surface area contributed by atoms with Crippen LogP contribution in [0.3, 0.4) is 0 Å². The predicted octanol–water partition coefficient (Wildman–Crippen LogP) is 3.59. The van der Waals surface area contributed by atoms with Gasteiger partial charge < -0.3 is 10.1 Å². The van der Waals surface area contributed by atoms with Gasteiger partial charge in [-0.05, 0) is 44.9 Å². The van der Waals surface area contributed by atoms with E-state index in [9.17, 15) is 13.6 Å². The average molecular weight is 283 g/mol. The molecule has 0 fully saturated rings. The molecule has 1 aromatic rings. The van der Waals surface area contributed by atoms with Gasteiger partial charge in [0.2, 0.25) is 0 Å². The standard InChI is InChI=1S/C15H19F2NO2/c1-5-13(18-14(19)20-15(2,3)4)8-10-6-11(16)9-12(17)7-10/h5-7,9,13H,1,8H2,2-4H3,(H,18,19)/t13-/m0/s1. The zero-order chi connectivity index (χ0) is 15.3. The topological polar surface area (TPSA) is 38.3 Å². The SMILES string of the molecule is C=C[C@@H](Cc1cc(F)cc(F)c1)NC(=O)OC(C)(C)C. The highest BCUT2D eigenvalue weighted by molar-refractivity contribution is 5.68. The highest BCUT2D eigenvalue weighted by Crippen LogP contribution is 2.12. The van der Waals surface area contributed by atoms with Crippen molar-refractivity contribution in [3.8, 4) is 0 Å². The van der Waals surface area contributed by atoms with Crippen molar-refractivity contribution >= 4 is 6.09 Å². The monoisotopic (exact) mass is 283 g/mol. The lowest BCUT2D eigenvalue weighted by Gasteiger charge is -2.22. The lowest BCUT2D eigenvalue weighted by atomic mass is 10.1. The summed E-state index contributed by atoms with van der Waals surface area (Å²) in [4.78, 5) is 11.6. The maximum atomic E-state index is 13.1. The van der Waals surface area contributed by atoms with Gasteiger partial charge in [0.1, 0.15) is 17.2 Å². The molecule has 0 radical (unpaired) electrons. The third kappa shape index (κ3) is 5.82. The summed E-state index contributed by atoms with van der Waals surface area (Å²) >= 11 is 0. The number of carbonyl (C=O) groups excluding carboxylic acids is 1. The number of halogens is 2. The zero-order valence-corrected chi connectivity index (χ0v) is 11.9. The summed E-state index contributed by atoms with van der Waals surface area (Å²) in [7, 11) is 0. The Morgan fingerprint density at radius 1 is 1.35 bits per heavy atom. The maximum Gasteiger partial charge on any atom is 0.408 e. The van der Waals surface area contributed by atoms with Gasteiger partial charge in [-0.1, -0.05) is 6.08 Å². The van der Waals surface area contributed by atoms with Crippen molar-refractivity contribution in [3.05, 3.63) is 48.1 Å². The number of nitrogens with one attached hydrogen (secondary N) is 1. The fraction of sp³-hybridized carbons (Fsp3) is 0.400. The van der Waals surface area contributed by atoms with Gasteiger partial charge in [0.15, 0.2) is 0 Å². The van der Waals surface area contributed by atoms with Crippen LogP contribution >= 0.6 is 0 Å². The Kier molecular flexibility index (Phi) is 5.25. The van der Waals surface area contributed by atoms with Crippen LogP contribution in [0.1, 0.15) is 26.3 Å². The molecule has 0 heterocycles. The van der Waals surface area contributed by atoms with Crippen molar-refractivity contribution in [2.45, 2.75) is 38.8 Å². The summed E-state index contributed by atoms with van der Waals surface area (Å²) in [5.41, 5.74) is -0.177. The van der Waals surface area contributed by atoms with Crippen LogP contribution in [0.2, 0.25) is 0 Å². The molecule has 0 aliphatic heterocycles. The van der Waals surface area contributed by atoms with E-state index in [1.807, 2.05) is 0 Å². The predicted molar refractivity (Wildman–Crippen MR) is 73.4 cm³/mol. The van der Waals surface area contributed by atoms with Gasteiger partial charge in [-0.25, -0.2) is 13.6 Å². The first-order valence-electron chi connectivity index (χ1n) is 6.26. The quantitative estimate of drug-likeness (QED) is 0.858. The van der Waals surface area contributed by atoms with Crippen molar-refractivity contribution in [2.24, 2.45) is 0 Å². The van der Waals surface area contributed by atoms with E-state index in [-0.39, 0.29) is 6.42 Å². The number of carbonyl (C=O) groups is 1. The average Bonchev–Trinajstić information content (AvgIpc) is 2.23. The minimum Gasteiger partial charge on any atom is -0.444 e.